The molecule has 0 saturated carbocycles. The van der Waals surface area contributed by atoms with Gasteiger partial charge in [-0.05, 0) is 30.7 Å². The molecule has 31 heavy (non-hydrogen) atoms. The van der Waals surface area contributed by atoms with Crippen molar-refractivity contribution in [1.29, 1.82) is 0 Å². The molecule has 0 bridgehead atoms. The largest absolute Gasteiger partial charge is 0.451 e. The number of ether oxygens (including phenoxy) is 1. The van der Waals surface area contributed by atoms with E-state index in [4.69, 9.17) is 4.74 Å². The summed E-state index contributed by atoms with van der Waals surface area (Å²) in [4.78, 5) is 29.4. The Labute approximate surface area is 187 Å². The first kappa shape index (κ1) is 20.7. The van der Waals surface area contributed by atoms with Crippen molar-refractivity contribution in [1.82, 2.24) is 14.8 Å². The number of halogens is 1. The van der Waals surface area contributed by atoms with Gasteiger partial charge in [-0.15, -0.1) is 5.10 Å². The Morgan fingerprint density at radius 2 is 1.61 bits per heavy atom. The van der Waals surface area contributed by atoms with Gasteiger partial charge in [0.05, 0.1) is 5.69 Å². The fourth-order valence-corrected chi connectivity index (χ4v) is 3.32. The summed E-state index contributed by atoms with van der Waals surface area (Å²) in [6.45, 7) is 1.57. The maximum Gasteiger partial charge on any atom is 0.378 e. The summed E-state index contributed by atoms with van der Waals surface area (Å²) in [5, 5.41) is 4.39. The number of hydrogen-bond donors (Lipinski definition) is 0. The van der Waals surface area contributed by atoms with Crippen LogP contribution in [0.1, 0.15) is 26.5 Å². The molecule has 0 unspecified atom stereocenters. The second kappa shape index (κ2) is 9.06. The Kier molecular flexibility index (Phi) is 6.04. The van der Waals surface area contributed by atoms with Gasteiger partial charge in [0.15, 0.2) is 18.2 Å². The maximum absolute atomic E-state index is 12.6. The number of benzene rings is 3. The molecule has 3 aromatic carbocycles. The van der Waals surface area contributed by atoms with Crippen molar-refractivity contribution in [2.24, 2.45) is 0 Å². The topological polar surface area (TPSA) is 74.1 Å². The van der Waals surface area contributed by atoms with E-state index in [0.717, 1.165) is 21.3 Å². The van der Waals surface area contributed by atoms with E-state index in [-0.39, 0.29) is 18.2 Å². The highest BCUT2D eigenvalue weighted by Crippen LogP contribution is 2.23. The first-order valence-electron chi connectivity index (χ1n) is 9.57. The van der Waals surface area contributed by atoms with Crippen LogP contribution in [-0.2, 0) is 4.74 Å². The van der Waals surface area contributed by atoms with Crippen molar-refractivity contribution < 1.29 is 14.3 Å². The number of carbonyl (C=O) groups is 2. The van der Waals surface area contributed by atoms with Gasteiger partial charge < -0.3 is 4.74 Å². The summed E-state index contributed by atoms with van der Waals surface area (Å²) >= 11 is 3.32. The molecular formula is C24H18BrN3O3. The summed E-state index contributed by atoms with van der Waals surface area (Å²) in [5.74, 6) is -0.649. The molecule has 0 spiro atoms. The lowest BCUT2D eigenvalue weighted by Crippen LogP contribution is -2.15. The van der Waals surface area contributed by atoms with E-state index in [9.17, 15) is 9.59 Å². The fraction of sp³-hybridized carbons (Fsp3) is 0.0833. The van der Waals surface area contributed by atoms with Crippen LogP contribution in [0.3, 0.4) is 0 Å². The summed E-state index contributed by atoms with van der Waals surface area (Å²) in [6, 6.07) is 24.0. The molecule has 0 amide bonds. The Morgan fingerprint density at radius 1 is 0.935 bits per heavy atom. The molecule has 0 saturated heterocycles. The molecule has 4 aromatic rings. The van der Waals surface area contributed by atoms with Crippen LogP contribution >= 0.6 is 15.9 Å². The number of aryl methyl sites for hydroxylation is 1. The van der Waals surface area contributed by atoms with Gasteiger partial charge in [0.25, 0.3) is 5.82 Å². The summed E-state index contributed by atoms with van der Waals surface area (Å²) in [7, 11) is 0. The summed E-state index contributed by atoms with van der Waals surface area (Å²) in [6.07, 6.45) is 0. The van der Waals surface area contributed by atoms with E-state index in [2.05, 4.69) is 26.0 Å². The Bertz CT molecular complexity index is 1230. The highest BCUT2D eigenvalue weighted by molar-refractivity contribution is 9.10. The third-order valence-corrected chi connectivity index (χ3v) is 5.19. The van der Waals surface area contributed by atoms with E-state index in [1.54, 1.807) is 28.9 Å². The minimum absolute atomic E-state index is 0.106. The highest BCUT2D eigenvalue weighted by atomic mass is 79.9. The van der Waals surface area contributed by atoms with Gasteiger partial charge in [0, 0.05) is 15.6 Å². The highest BCUT2D eigenvalue weighted by Gasteiger charge is 2.21. The van der Waals surface area contributed by atoms with Gasteiger partial charge in [-0.25, -0.2) is 14.5 Å². The molecule has 0 fully saturated rings. The minimum Gasteiger partial charge on any atom is -0.451 e. The first-order valence-corrected chi connectivity index (χ1v) is 10.4. The Morgan fingerprint density at radius 3 is 2.32 bits per heavy atom. The lowest BCUT2D eigenvalue weighted by Gasteiger charge is -2.08. The van der Waals surface area contributed by atoms with Crippen LogP contribution in [0.25, 0.3) is 17.1 Å². The van der Waals surface area contributed by atoms with Crippen molar-refractivity contribution in [2.75, 3.05) is 6.61 Å². The molecule has 0 N–H and O–H groups in total. The molecule has 1 aromatic heterocycles. The van der Waals surface area contributed by atoms with E-state index >= 15 is 0 Å². The molecule has 1 heterocycles. The number of hydrogen-bond acceptors (Lipinski definition) is 5. The Hall–Kier alpha value is -3.58. The maximum atomic E-state index is 12.6. The zero-order valence-corrected chi connectivity index (χ0v) is 18.2. The van der Waals surface area contributed by atoms with E-state index in [1.165, 1.54) is 0 Å². The molecule has 0 aliphatic rings. The molecular weight excluding hydrogens is 458 g/mol. The average Bonchev–Trinajstić information content (AvgIpc) is 3.24. The number of ketones is 1. The SMILES string of the molecule is Cc1ccccc1-n1nc(C(=O)OCC(=O)c2ccc(Br)cc2)nc1-c1ccccc1. The number of esters is 1. The van der Waals surface area contributed by atoms with Crippen molar-refractivity contribution in [3.8, 4) is 17.1 Å². The van der Waals surface area contributed by atoms with Gasteiger partial charge in [-0.3, -0.25) is 4.79 Å². The van der Waals surface area contributed by atoms with Crippen LogP contribution in [0.2, 0.25) is 0 Å². The van der Waals surface area contributed by atoms with Crippen LogP contribution in [0.5, 0.6) is 0 Å². The van der Waals surface area contributed by atoms with E-state index in [0.29, 0.717) is 11.4 Å². The third kappa shape index (κ3) is 4.62. The number of rotatable bonds is 6. The standard InChI is InChI=1S/C24H18BrN3O3/c1-16-7-5-6-10-20(16)28-23(18-8-3-2-4-9-18)26-22(27-28)24(30)31-15-21(29)17-11-13-19(25)14-12-17/h2-14H,15H2,1H3. The molecule has 0 radical (unpaired) electrons. The average molecular weight is 476 g/mol. The van der Waals surface area contributed by atoms with Crippen molar-refractivity contribution in [2.45, 2.75) is 6.92 Å². The monoisotopic (exact) mass is 475 g/mol. The van der Waals surface area contributed by atoms with Crippen LogP contribution in [0.15, 0.2) is 83.3 Å². The molecule has 0 aliphatic carbocycles. The molecule has 0 aliphatic heterocycles. The van der Waals surface area contributed by atoms with Crippen LogP contribution in [0, 0.1) is 6.92 Å². The molecule has 154 valence electrons. The van der Waals surface area contributed by atoms with Gasteiger partial charge in [0.1, 0.15) is 0 Å². The number of para-hydroxylation sites is 1. The van der Waals surface area contributed by atoms with Gasteiger partial charge in [-0.1, -0.05) is 76.6 Å². The van der Waals surface area contributed by atoms with E-state index in [1.807, 2.05) is 61.5 Å². The zero-order chi connectivity index (χ0) is 21.8. The number of Topliss-reactive ketones (excluding diaryl/α,β-unsaturated/α-hetero) is 1. The molecule has 7 heteroatoms. The number of nitrogens with zero attached hydrogens (tertiary/aromatic N) is 3. The van der Waals surface area contributed by atoms with Gasteiger partial charge in [0.2, 0.25) is 0 Å². The van der Waals surface area contributed by atoms with Crippen molar-refractivity contribution in [3.05, 3.63) is 100 Å². The fourth-order valence-electron chi connectivity index (χ4n) is 3.06. The third-order valence-electron chi connectivity index (χ3n) is 4.67. The quantitative estimate of drug-likeness (QED) is 0.288. The summed E-state index contributed by atoms with van der Waals surface area (Å²) in [5.41, 5.74) is 3.05. The Balaban J connectivity index is 1.61. The smallest absolute Gasteiger partial charge is 0.378 e. The zero-order valence-electron chi connectivity index (χ0n) is 16.7. The lowest BCUT2D eigenvalue weighted by molar-refractivity contribution is 0.0462. The second-order valence-electron chi connectivity index (χ2n) is 6.83. The molecule has 6 nitrogen and oxygen atoms in total. The lowest BCUT2D eigenvalue weighted by atomic mass is 10.1. The van der Waals surface area contributed by atoms with Crippen LogP contribution < -0.4 is 0 Å². The van der Waals surface area contributed by atoms with E-state index < -0.39 is 5.97 Å². The van der Waals surface area contributed by atoms with Crippen LogP contribution in [-0.4, -0.2) is 33.1 Å². The number of aromatic nitrogens is 3. The predicted octanol–water partition coefficient (Wildman–Crippen LogP) is 5.04. The summed E-state index contributed by atoms with van der Waals surface area (Å²) < 4.78 is 7.69. The molecule has 4 rings (SSSR count). The first-order chi connectivity index (χ1) is 15.0. The second-order valence-corrected chi connectivity index (χ2v) is 7.75. The predicted molar refractivity (Wildman–Crippen MR) is 120 cm³/mol. The molecule has 0 atom stereocenters. The minimum atomic E-state index is -0.755. The number of carbonyl (C=O) groups excluding carboxylic acids is 2. The van der Waals surface area contributed by atoms with Crippen molar-refractivity contribution in [3.63, 3.8) is 0 Å². The van der Waals surface area contributed by atoms with Gasteiger partial charge in [-0.2, -0.15) is 0 Å². The normalized spacial score (nSPS) is 10.6. The van der Waals surface area contributed by atoms with Gasteiger partial charge >= 0.3 is 5.97 Å². The van der Waals surface area contributed by atoms with Crippen molar-refractivity contribution >= 4 is 27.7 Å². The van der Waals surface area contributed by atoms with Crippen LogP contribution in [0.4, 0.5) is 0 Å².